The van der Waals surface area contributed by atoms with Crippen molar-refractivity contribution in [1.82, 2.24) is 15.0 Å². The van der Waals surface area contributed by atoms with Crippen molar-refractivity contribution in [2.45, 2.75) is 6.54 Å². The van der Waals surface area contributed by atoms with E-state index < -0.39 is 0 Å². The Balaban J connectivity index is 2.02. The predicted octanol–water partition coefficient (Wildman–Crippen LogP) is 4.30. The highest BCUT2D eigenvalue weighted by atomic mass is 15.4. The number of rotatable bonds is 5. The summed E-state index contributed by atoms with van der Waals surface area (Å²) in [7, 11) is 0. The first kappa shape index (κ1) is 14.0. The smallest absolute Gasteiger partial charge is 0.120 e. The molecule has 0 saturated heterocycles. The van der Waals surface area contributed by atoms with Gasteiger partial charge >= 0.3 is 0 Å². The first-order chi connectivity index (χ1) is 10.9. The van der Waals surface area contributed by atoms with E-state index >= 15 is 0 Å². The number of hydrogen-bond acceptors (Lipinski definition) is 2. The number of allylic oxidation sites excluding steroid dienone is 1. The minimum atomic E-state index is 0.633. The third kappa shape index (κ3) is 3.04. The predicted molar refractivity (Wildman–Crippen MR) is 91.0 cm³/mol. The third-order valence-corrected chi connectivity index (χ3v) is 3.36. The van der Waals surface area contributed by atoms with E-state index in [-0.39, 0.29) is 0 Å². The molecular weight excluding hydrogens is 270 g/mol. The van der Waals surface area contributed by atoms with Crippen LogP contribution >= 0.6 is 0 Å². The summed E-state index contributed by atoms with van der Waals surface area (Å²) >= 11 is 0. The Morgan fingerprint density at radius 1 is 0.909 bits per heavy atom. The molecular formula is C19H17N3. The van der Waals surface area contributed by atoms with Gasteiger partial charge in [-0.1, -0.05) is 78.0 Å². The fraction of sp³-hybridized carbons (Fsp3) is 0.0526. The van der Waals surface area contributed by atoms with Crippen LogP contribution in [0.3, 0.4) is 0 Å². The van der Waals surface area contributed by atoms with Gasteiger partial charge in [0.1, 0.15) is 5.69 Å². The fourth-order valence-electron chi connectivity index (χ4n) is 2.28. The normalized spacial score (nSPS) is 10.9. The van der Waals surface area contributed by atoms with Gasteiger partial charge in [-0.3, -0.25) is 0 Å². The number of aromatic nitrogens is 3. The molecule has 0 aliphatic carbocycles. The molecule has 0 aliphatic heterocycles. The third-order valence-electron chi connectivity index (χ3n) is 3.36. The monoisotopic (exact) mass is 287 g/mol. The van der Waals surface area contributed by atoms with Crippen LogP contribution in [0.1, 0.15) is 11.3 Å². The molecule has 0 radical (unpaired) electrons. The molecule has 0 unspecified atom stereocenters. The molecule has 0 saturated carbocycles. The lowest BCUT2D eigenvalue weighted by molar-refractivity contribution is 0.657. The minimum Gasteiger partial charge on any atom is -0.241 e. The lowest BCUT2D eigenvalue weighted by Crippen LogP contribution is -2.00. The van der Waals surface area contributed by atoms with Crippen molar-refractivity contribution in [3.8, 4) is 11.3 Å². The highest BCUT2D eigenvalue weighted by molar-refractivity contribution is 5.76. The molecule has 0 amide bonds. The second kappa shape index (κ2) is 6.68. The zero-order valence-corrected chi connectivity index (χ0v) is 12.3. The Bertz CT molecular complexity index is 771. The van der Waals surface area contributed by atoms with Crippen LogP contribution in [0, 0.1) is 0 Å². The van der Waals surface area contributed by atoms with E-state index in [0.29, 0.717) is 6.54 Å². The van der Waals surface area contributed by atoms with Crippen LogP contribution in [0.4, 0.5) is 0 Å². The van der Waals surface area contributed by atoms with Gasteiger partial charge in [-0.05, 0) is 11.6 Å². The maximum absolute atomic E-state index is 4.33. The lowest BCUT2D eigenvalue weighted by atomic mass is 10.1. The van der Waals surface area contributed by atoms with E-state index in [1.165, 1.54) is 0 Å². The van der Waals surface area contributed by atoms with E-state index in [9.17, 15) is 0 Å². The van der Waals surface area contributed by atoms with Crippen LogP contribution in [0.2, 0.25) is 0 Å². The highest BCUT2D eigenvalue weighted by Crippen LogP contribution is 2.22. The average molecular weight is 287 g/mol. The molecule has 3 aromatic rings. The van der Waals surface area contributed by atoms with Gasteiger partial charge in [0, 0.05) is 5.56 Å². The Morgan fingerprint density at radius 3 is 2.27 bits per heavy atom. The van der Waals surface area contributed by atoms with E-state index in [4.69, 9.17) is 0 Å². The molecule has 3 rings (SSSR count). The molecule has 0 atom stereocenters. The zero-order valence-electron chi connectivity index (χ0n) is 12.3. The van der Waals surface area contributed by atoms with Crippen LogP contribution in [-0.2, 0) is 6.54 Å². The Labute approximate surface area is 130 Å². The van der Waals surface area contributed by atoms with Gasteiger partial charge in [0.15, 0.2) is 0 Å². The van der Waals surface area contributed by atoms with E-state index in [1.54, 1.807) is 0 Å². The fourth-order valence-corrected chi connectivity index (χ4v) is 2.28. The van der Waals surface area contributed by atoms with Gasteiger partial charge in [-0.25, -0.2) is 4.68 Å². The summed E-state index contributed by atoms with van der Waals surface area (Å²) in [6.07, 6.45) is 5.95. The van der Waals surface area contributed by atoms with Crippen LogP contribution in [0.15, 0.2) is 73.3 Å². The summed E-state index contributed by atoms with van der Waals surface area (Å²) in [6.45, 7) is 4.42. The standard InChI is InChI=1S/C19H17N3/c1-2-15-22-18(14-13-16-9-5-3-6-10-16)19(20-21-22)17-11-7-4-8-12-17/h2-14H,1,15H2/b14-13+. The molecule has 0 bridgehead atoms. The number of benzene rings is 2. The van der Waals surface area contributed by atoms with Crippen LogP contribution < -0.4 is 0 Å². The molecule has 3 nitrogen and oxygen atoms in total. The van der Waals surface area contributed by atoms with Crippen LogP contribution in [0.5, 0.6) is 0 Å². The minimum absolute atomic E-state index is 0.633. The SMILES string of the molecule is C=CCn1nnc(-c2ccccc2)c1/C=C/c1ccccc1. The summed E-state index contributed by atoms with van der Waals surface area (Å²) in [5, 5.41) is 8.57. The Morgan fingerprint density at radius 2 is 1.59 bits per heavy atom. The zero-order chi connectivity index (χ0) is 15.2. The quantitative estimate of drug-likeness (QED) is 0.655. The van der Waals surface area contributed by atoms with Crippen molar-refractivity contribution in [2.24, 2.45) is 0 Å². The van der Waals surface area contributed by atoms with Crippen LogP contribution in [0.25, 0.3) is 23.4 Å². The summed E-state index contributed by atoms with van der Waals surface area (Å²) in [5.41, 5.74) is 4.07. The maximum atomic E-state index is 4.33. The highest BCUT2D eigenvalue weighted by Gasteiger charge is 2.11. The van der Waals surface area contributed by atoms with Gasteiger partial charge in [-0.2, -0.15) is 0 Å². The molecule has 22 heavy (non-hydrogen) atoms. The molecule has 2 aromatic carbocycles. The first-order valence-corrected chi connectivity index (χ1v) is 7.21. The second-order valence-electron chi connectivity index (χ2n) is 4.90. The van der Waals surface area contributed by atoms with Crippen molar-refractivity contribution >= 4 is 12.2 Å². The van der Waals surface area contributed by atoms with E-state index in [2.05, 4.69) is 41.2 Å². The number of nitrogens with zero attached hydrogens (tertiary/aromatic N) is 3. The summed E-state index contributed by atoms with van der Waals surface area (Å²) in [4.78, 5) is 0. The van der Waals surface area contributed by atoms with E-state index in [0.717, 1.165) is 22.5 Å². The maximum Gasteiger partial charge on any atom is 0.120 e. The molecule has 0 aliphatic rings. The summed E-state index contributed by atoms with van der Waals surface area (Å²) in [5.74, 6) is 0. The van der Waals surface area contributed by atoms with Crippen molar-refractivity contribution < 1.29 is 0 Å². The average Bonchev–Trinajstić information content (AvgIpc) is 2.98. The van der Waals surface area contributed by atoms with Gasteiger partial charge in [0.05, 0.1) is 12.2 Å². The van der Waals surface area contributed by atoms with Gasteiger partial charge in [-0.15, -0.1) is 11.7 Å². The van der Waals surface area contributed by atoms with Gasteiger partial charge < -0.3 is 0 Å². The molecule has 3 heteroatoms. The molecule has 1 aromatic heterocycles. The van der Waals surface area contributed by atoms with E-state index in [1.807, 2.05) is 59.3 Å². The topological polar surface area (TPSA) is 30.7 Å². The molecule has 0 spiro atoms. The van der Waals surface area contributed by atoms with Gasteiger partial charge in [0.25, 0.3) is 0 Å². The lowest BCUT2D eigenvalue weighted by Gasteiger charge is -2.02. The van der Waals surface area contributed by atoms with Crippen LogP contribution in [-0.4, -0.2) is 15.0 Å². The molecule has 0 N–H and O–H groups in total. The Kier molecular flexibility index (Phi) is 4.25. The second-order valence-corrected chi connectivity index (χ2v) is 4.90. The van der Waals surface area contributed by atoms with Crippen molar-refractivity contribution in [3.05, 3.63) is 84.6 Å². The molecule has 0 fully saturated rings. The van der Waals surface area contributed by atoms with Crippen molar-refractivity contribution in [1.29, 1.82) is 0 Å². The first-order valence-electron chi connectivity index (χ1n) is 7.21. The summed E-state index contributed by atoms with van der Waals surface area (Å²) < 4.78 is 1.86. The molecule has 108 valence electrons. The molecule has 1 heterocycles. The van der Waals surface area contributed by atoms with Crippen molar-refractivity contribution in [3.63, 3.8) is 0 Å². The van der Waals surface area contributed by atoms with Crippen molar-refractivity contribution in [2.75, 3.05) is 0 Å². The largest absolute Gasteiger partial charge is 0.241 e. The number of hydrogen-bond donors (Lipinski definition) is 0. The summed E-state index contributed by atoms with van der Waals surface area (Å²) in [6, 6.07) is 20.3. The van der Waals surface area contributed by atoms with Gasteiger partial charge in [0.2, 0.25) is 0 Å². The Hall–Kier alpha value is -2.94.